The summed E-state index contributed by atoms with van der Waals surface area (Å²) in [6.45, 7) is 0.519. The Hall–Kier alpha value is -2.86. The summed E-state index contributed by atoms with van der Waals surface area (Å²) in [5, 5.41) is 5.66. The highest BCUT2D eigenvalue weighted by molar-refractivity contribution is 7.99. The van der Waals surface area contributed by atoms with Crippen LogP contribution >= 0.6 is 34.7 Å². The lowest BCUT2D eigenvalue weighted by molar-refractivity contribution is 0.0951. The number of thiophene rings is 1. The zero-order chi connectivity index (χ0) is 21.2. The summed E-state index contributed by atoms with van der Waals surface area (Å²) in [4.78, 5) is 21.0. The van der Waals surface area contributed by atoms with Crippen LogP contribution in [0.4, 0.5) is 5.69 Å². The molecular weight excluding hydrogens is 444 g/mol. The Balaban J connectivity index is 1.54. The number of carbonyl (C=O) groups excluding carboxylic acids is 1. The van der Waals surface area contributed by atoms with Crippen molar-refractivity contribution in [3.63, 3.8) is 0 Å². The monoisotopic (exact) mass is 460 g/mol. The summed E-state index contributed by atoms with van der Waals surface area (Å²) < 4.78 is 0. The van der Waals surface area contributed by atoms with Crippen LogP contribution in [0.5, 0.6) is 0 Å². The molecule has 2 heterocycles. The van der Waals surface area contributed by atoms with Crippen molar-refractivity contribution in [2.75, 3.05) is 0 Å². The summed E-state index contributed by atoms with van der Waals surface area (Å²) >= 11 is 9.55. The molecular formula is C25H17ClN2OS2. The average Bonchev–Trinajstić information content (AvgIpc) is 3.25. The molecule has 0 fully saturated rings. The molecule has 5 rings (SSSR count). The van der Waals surface area contributed by atoms with Gasteiger partial charge in [0.15, 0.2) is 0 Å². The minimum atomic E-state index is -0.109. The number of rotatable bonds is 4. The second-order valence-electron chi connectivity index (χ2n) is 7.01. The van der Waals surface area contributed by atoms with Gasteiger partial charge < -0.3 is 5.32 Å². The third-order valence-corrected chi connectivity index (χ3v) is 7.17. The van der Waals surface area contributed by atoms with Crippen LogP contribution in [-0.4, -0.2) is 11.6 Å². The zero-order valence-electron chi connectivity index (χ0n) is 16.3. The molecule has 0 atom stereocenters. The largest absolute Gasteiger partial charge is 0.347 e. The Morgan fingerprint density at radius 2 is 1.84 bits per heavy atom. The van der Waals surface area contributed by atoms with Gasteiger partial charge in [-0.15, -0.1) is 11.3 Å². The molecule has 0 unspecified atom stereocenters. The molecule has 0 aliphatic carbocycles. The van der Waals surface area contributed by atoms with Crippen LogP contribution < -0.4 is 5.32 Å². The molecule has 1 aromatic heterocycles. The van der Waals surface area contributed by atoms with Crippen molar-refractivity contribution >= 4 is 52.0 Å². The van der Waals surface area contributed by atoms with E-state index in [0.717, 1.165) is 37.2 Å². The first kappa shape index (κ1) is 20.1. The number of hydrogen-bond acceptors (Lipinski definition) is 4. The molecule has 1 N–H and O–H groups in total. The average molecular weight is 461 g/mol. The lowest BCUT2D eigenvalue weighted by Crippen LogP contribution is -2.22. The maximum absolute atomic E-state index is 12.7. The van der Waals surface area contributed by atoms with Gasteiger partial charge >= 0.3 is 0 Å². The first-order chi connectivity index (χ1) is 15.2. The lowest BCUT2D eigenvalue weighted by atomic mass is 10.0. The Kier molecular flexibility index (Phi) is 5.64. The van der Waals surface area contributed by atoms with Gasteiger partial charge in [-0.3, -0.25) is 4.79 Å². The molecule has 152 valence electrons. The molecule has 0 radical (unpaired) electrons. The van der Waals surface area contributed by atoms with E-state index in [-0.39, 0.29) is 5.91 Å². The molecule has 3 nitrogen and oxygen atoms in total. The molecule has 4 aromatic rings. The van der Waals surface area contributed by atoms with Gasteiger partial charge in [-0.1, -0.05) is 59.8 Å². The maximum Gasteiger partial charge on any atom is 0.251 e. The fraction of sp³-hybridized carbons (Fsp3) is 0.0400. The number of nitrogens with zero attached hydrogens (tertiary/aromatic N) is 1. The molecule has 31 heavy (non-hydrogen) atoms. The number of fused-ring (bicyclic) bond motifs is 2. The second-order valence-corrected chi connectivity index (χ2v) is 9.57. The first-order valence-corrected chi connectivity index (χ1v) is 11.8. The molecule has 0 saturated heterocycles. The highest BCUT2D eigenvalue weighted by Gasteiger charge is 2.20. The van der Waals surface area contributed by atoms with Gasteiger partial charge in [0.1, 0.15) is 0 Å². The van der Waals surface area contributed by atoms with E-state index in [2.05, 4.69) is 17.4 Å². The number of aliphatic imine (C=N–C) groups is 1. The molecule has 1 amide bonds. The van der Waals surface area contributed by atoms with E-state index in [9.17, 15) is 4.79 Å². The van der Waals surface area contributed by atoms with E-state index in [0.29, 0.717) is 17.1 Å². The zero-order valence-corrected chi connectivity index (χ0v) is 18.7. The number of benzene rings is 3. The van der Waals surface area contributed by atoms with Gasteiger partial charge in [0.2, 0.25) is 0 Å². The Morgan fingerprint density at radius 3 is 2.68 bits per heavy atom. The van der Waals surface area contributed by atoms with Crippen LogP contribution in [0.25, 0.3) is 0 Å². The predicted molar refractivity (Wildman–Crippen MR) is 129 cm³/mol. The van der Waals surface area contributed by atoms with E-state index in [1.165, 1.54) is 0 Å². The fourth-order valence-corrected chi connectivity index (χ4v) is 5.26. The summed E-state index contributed by atoms with van der Waals surface area (Å²) in [5.41, 5.74) is 4.21. The molecule has 0 bridgehead atoms. The summed E-state index contributed by atoms with van der Waals surface area (Å²) in [5.74, 6) is -0.109. The Bertz CT molecular complexity index is 1300. The van der Waals surface area contributed by atoms with Crippen LogP contribution in [0.2, 0.25) is 5.02 Å². The lowest BCUT2D eigenvalue weighted by Gasteiger charge is -2.09. The van der Waals surface area contributed by atoms with Crippen LogP contribution in [0.3, 0.4) is 0 Å². The third kappa shape index (κ3) is 4.30. The van der Waals surface area contributed by atoms with Gasteiger partial charge in [-0.25, -0.2) is 4.99 Å². The third-order valence-electron chi connectivity index (χ3n) is 4.92. The Morgan fingerprint density at radius 1 is 0.935 bits per heavy atom. The first-order valence-electron chi connectivity index (χ1n) is 9.74. The molecule has 0 spiro atoms. The quantitative estimate of drug-likeness (QED) is 0.314. The minimum Gasteiger partial charge on any atom is -0.347 e. The van der Waals surface area contributed by atoms with Gasteiger partial charge in [0.05, 0.1) is 17.9 Å². The van der Waals surface area contributed by atoms with Crippen molar-refractivity contribution in [3.05, 3.63) is 111 Å². The molecule has 6 heteroatoms. The van der Waals surface area contributed by atoms with E-state index < -0.39 is 0 Å². The van der Waals surface area contributed by atoms with Crippen molar-refractivity contribution in [3.8, 4) is 0 Å². The normalized spacial score (nSPS) is 12.4. The van der Waals surface area contributed by atoms with E-state index in [1.54, 1.807) is 23.1 Å². The van der Waals surface area contributed by atoms with Crippen LogP contribution in [-0.2, 0) is 6.54 Å². The van der Waals surface area contributed by atoms with Gasteiger partial charge in [-0.2, -0.15) is 0 Å². The van der Waals surface area contributed by atoms with Crippen LogP contribution in [0.1, 0.15) is 26.4 Å². The van der Waals surface area contributed by atoms with E-state index in [1.807, 2.05) is 72.1 Å². The summed E-state index contributed by atoms with van der Waals surface area (Å²) in [7, 11) is 0. The minimum absolute atomic E-state index is 0.109. The van der Waals surface area contributed by atoms with Gasteiger partial charge in [0.25, 0.3) is 5.91 Å². The van der Waals surface area contributed by atoms with E-state index >= 15 is 0 Å². The van der Waals surface area contributed by atoms with Gasteiger partial charge in [0, 0.05) is 36.4 Å². The maximum atomic E-state index is 12.7. The van der Waals surface area contributed by atoms with Gasteiger partial charge in [-0.05, 0) is 47.8 Å². The molecule has 0 saturated carbocycles. The molecule has 1 aliphatic heterocycles. The fourth-order valence-electron chi connectivity index (χ4n) is 3.42. The number of nitrogens with one attached hydrogen (secondary N) is 1. The topological polar surface area (TPSA) is 41.5 Å². The molecule has 3 aromatic carbocycles. The van der Waals surface area contributed by atoms with Crippen molar-refractivity contribution in [1.82, 2.24) is 5.32 Å². The summed E-state index contributed by atoms with van der Waals surface area (Å²) in [6.07, 6.45) is 0. The Labute approximate surface area is 193 Å². The molecule has 1 aliphatic rings. The van der Waals surface area contributed by atoms with Crippen molar-refractivity contribution in [2.24, 2.45) is 4.99 Å². The number of hydrogen-bond donors (Lipinski definition) is 1. The number of amides is 1. The number of carbonyl (C=O) groups is 1. The number of halogens is 1. The predicted octanol–water partition coefficient (Wildman–Crippen LogP) is 6.97. The van der Waals surface area contributed by atoms with E-state index in [4.69, 9.17) is 16.6 Å². The van der Waals surface area contributed by atoms with Crippen molar-refractivity contribution in [1.29, 1.82) is 0 Å². The smallest absolute Gasteiger partial charge is 0.251 e. The van der Waals surface area contributed by atoms with Crippen molar-refractivity contribution < 1.29 is 4.79 Å². The van der Waals surface area contributed by atoms with Crippen LogP contribution in [0.15, 0.2) is 99.0 Å². The highest BCUT2D eigenvalue weighted by Crippen LogP contribution is 2.41. The van der Waals surface area contributed by atoms with Crippen molar-refractivity contribution in [2.45, 2.75) is 16.3 Å². The standard InChI is InChI=1S/C25H17ClN2OS2/c26-18-6-3-5-16(13-18)24-20-8-1-2-9-22(20)31-23-11-10-17(14-21(23)28-24)25(29)27-15-19-7-4-12-30-19/h1-14H,15H2,(H,27,29). The highest BCUT2D eigenvalue weighted by atomic mass is 35.5. The SMILES string of the molecule is O=C(NCc1cccs1)c1ccc2c(c1)N=C(c1cccc(Cl)c1)c1ccccc1S2. The second kappa shape index (κ2) is 8.71. The summed E-state index contributed by atoms with van der Waals surface area (Å²) in [6, 6.07) is 25.6. The van der Waals surface area contributed by atoms with Crippen LogP contribution in [0, 0.1) is 0 Å².